The second kappa shape index (κ2) is 4.37. The van der Waals surface area contributed by atoms with Crippen molar-refractivity contribution in [3.8, 4) is 11.5 Å². The van der Waals surface area contributed by atoms with Gasteiger partial charge in [-0.25, -0.2) is 0 Å². The van der Waals surface area contributed by atoms with Gasteiger partial charge in [-0.15, -0.1) is 0 Å². The topological polar surface area (TPSA) is 60.7 Å². The quantitative estimate of drug-likeness (QED) is 0.678. The van der Waals surface area contributed by atoms with E-state index in [-0.39, 0.29) is 21.8 Å². The lowest BCUT2D eigenvalue weighted by Gasteiger charge is -2.22. The average molecular weight is 264 g/mol. The van der Waals surface area contributed by atoms with Gasteiger partial charge in [0.1, 0.15) is 16.4 Å². The summed E-state index contributed by atoms with van der Waals surface area (Å²) in [6, 6.07) is 7.21. The zero-order chi connectivity index (χ0) is 13.5. The van der Waals surface area contributed by atoms with E-state index in [2.05, 4.69) is 20.8 Å². The Labute approximate surface area is 110 Å². The largest absolute Gasteiger partial charge is 0.507 e. The van der Waals surface area contributed by atoms with E-state index < -0.39 is 0 Å². The van der Waals surface area contributed by atoms with Crippen LogP contribution < -0.4 is 0 Å². The van der Waals surface area contributed by atoms with Gasteiger partial charge in [-0.1, -0.05) is 39.0 Å². The van der Waals surface area contributed by atoms with Crippen molar-refractivity contribution in [2.45, 2.75) is 31.1 Å². The van der Waals surface area contributed by atoms with E-state index in [1.807, 2.05) is 12.1 Å². The van der Waals surface area contributed by atoms with Crippen molar-refractivity contribution in [1.82, 2.24) is 0 Å². The summed E-state index contributed by atoms with van der Waals surface area (Å²) in [5.74, 6) is -0.187. The number of fused-ring (bicyclic) bond motifs is 1. The second-order valence-electron chi connectivity index (χ2n) is 5.32. The zero-order valence-electron chi connectivity index (χ0n) is 10.6. The molecule has 0 aliphatic heterocycles. The Morgan fingerprint density at radius 1 is 1.06 bits per heavy atom. The number of hydrogen-bond donors (Lipinski definition) is 3. The molecule has 2 aromatic rings. The van der Waals surface area contributed by atoms with Crippen LogP contribution in [0.2, 0.25) is 0 Å². The number of aromatic hydroxyl groups is 2. The van der Waals surface area contributed by atoms with Crippen LogP contribution in [-0.2, 0) is 5.41 Å². The molecular weight excluding hydrogens is 248 g/mol. The fourth-order valence-electron chi connectivity index (χ4n) is 2.12. The highest BCUT2D eigenvalue weighted by Gasteiger charge is 2.20. The van der Waals surface area contributed by atoms with Gasteiger partial charge in [-0.3, -0.25) is 0 Å². The Morgan fingerprint density at radius 3 is 2.28 bits per heavy atom. The van der Waals surface area contributed by atoms with Crippen molar-refractivity contribution >= 4 is 22.8 Å². The van der Waals surface area contributed by atoms with Crippen LogP contribution >= 0.6 is 12.0 Å². The molecule has 0 amide bonds. The Morgan fingerprint density at radius 2 is 1.72 bits per heavy atom. The lowest BCUT2D eigenvalue weighted by atomic mass is 9.83. The normalized spacial score (nSPS) is 12.0. The predicted molar refractivity (Wildman–Crippen MR) is 74.5 cm³/mol. The first-order chi connectivity index (χ1) is 8.36. The number of rotatable bonds is 1. The number of phenols is 2. The van der Waals surface area contributed by atoms with Crippen molar-refractivity contribution < 1.29 is 14.8 Å². The van der Waals surface area contributed by atoms with Gasteiger partial charge in [-0.2, -0.15) is 0 Å². The minimum absolute atomic E-state index is 0.0800. The van der Waals surface area contributed by atoms with Crippen LogP contribution in [0.15, 0.2) is 29.2 Å². The van der Waals surface area contributed by atoms with Gasteiger partial charge in [0.2, 0.25) is 0 Å². The molecule has 3 N–H and O–H groups in total. The molecule has 4 heteroatoms. The number of phenolic OH excluding ortho intramolecular Hbond substituents is 2. The van der Waals surface area contributed by atoms with Gasteiger partial charge in [0, 0.05) is 17.4 Å². The molecule has 0 bridgehead atoms. The number of hydrogen-bond acceptors (Lipinski definition) is 4. The van der Waals surface area contributed by atoms with Gasteiger partial charge < -0.3 is 14.8 Å². The van der Waals surface area contributed by atoms with E-state index in [0.29, 0.717) is 17.4 Å². The molecule has 0 fully saturated rings. The molecule has 96 valence electrons. The third kappa shape index (κ3) is 2.02. The van der Waals surface area contributed by atoms with Crippen molar-refractivity contribution in [3.63, 3.8) is 0 Å². The molecule has 0 atom stereocenters. The maximum atomic E-state index is 10.1. The Hall–Kier alpha value is -1.39. The summed E-state index contributed by atoms with van der Waals surface area (Å²) in [4.78, 5) is 0.0913. The van der Waals surface area contributed by atoms with E-state index in [1.54, 1.807) is 12.1 Å². The molecular formula is C14H16O3S. The zero-order valence-corrected chi connectivity index (χ0v) is 11.4. The molecule has 0 aliphatic carbocycles. The van der Waals surface area contributed by atoms with Crippen molar-refractivity contribution in [2.75, 3.05) is 0 Å². The van der Waals surface area contributed by atoms with Crippen molar-refractivity contribution in [1.29, 1.82) is 0 Å². The van der Waals surface area contributed by atoms with Gasteiger partial charge >= 0.3 is 0 Å². The Kier molecular flexibility index (Phi) is 3.17. The minimum atomic E-state index is -0.107. The fraction of sp³-hybridized carbons (Fsp3) is 0.286. The molecule has 0 aliphatic rings. The summed E-state index contributed by atoms with van der Waals surface area (Å²) in [7, 11) is 0. The summed E-state index contributed by atoms with van der Waals surface area (Å²) in [6.45, 7) is 6.22. The highest BCUT2D eigenvalue weighted by atomic mass is 32.2. The monoisotopic (exact) mass is 264 g/mol. The van der Waals surface area contributed by atoms with Crippen molar-refractivity contribution in [2.24, 2.45) is 0 Å². The third-order valence-electron chi connectivity index (χ3n) is 2.99. The maximum absolute atomic E-state index is 10.1. The molecule has 0 spiro atoms. The standard InChI is InChI=1S/C14H16O3S/c1-14(2,3)10-6-4-5-8-9(10)7-11(15)13(18-17)12(8)16/h4-7,15-17H,1-3H3. The highest BCUT2D eigenvalue weighted by Crippen LogP contribution is 2.43. The first kappa shape index (κ1) is 13.1. The molecule has 0 aromatic heterocycles. The van der Waals surface area contributed by atoms with Crippen LogP contribution in [0.4, 0.5) is 0 Å². The van der Waals surface area contributed by atoms with E-state index >= 15 is 0 Å². The van der Waals surface area contributed by atoms with Crippen LogP contribution in [0.25, 0.3) is 10.8 Å². The fourth-order valence-corrected chi connectivity index (χ4v) is 2.47. The highest BCUT2D eigenvalue weighted by molar-refractivity contribution is 7.94. The lowest BCUT2D eigenvalue weighted by molar-refractivity contribution is 0.430. The molecule has 18 heavy (non-hydrogen) atoms. The minimum Gasteiger partial charge on any atom is -0.507 e. The molecule has 0 radical (unpaired) electrons. The molecule has 3 nitrogen and oxygen atoms in total. The second-order valence-corrected chi connectivity index (χ2v) is 5.91. The first-order valence-corrected chi connectivity index (χ1v) is 6.43. The SMILES string of the molecule is CC(C)(C)c1cccc2c(O)c(SO)c(O)cc12. The first-order valence-electron chi connectivity index (χ1n) is 5.66. The van der Waals surface area contributed by atoms with E-state index in [4.69, 9.17) is 4.55 Å². The van der Waals surface area contributed by atoms with Crippen LogP contribution in [0.5, 0.6) is 11.5 Å². The van der Waals surface area contributed by atoms with Gasteiger partial charge in [0.25, 0.3) is 0 Å². The van der Waals surface area contributed by atoms with Gasteiger partial charge in [0.05, 0.1) is 0 Å². The van der Waals surface area contributed by atoms with Crippen molar-refractivity contribution in [3.05, 3.63) is 29.8 Å². The van der Waals surface area contributed by atoms with E-state index in [0.717, 1.165) is 10.9 Å². The molecule has 0 heterocycles. The van der Waals surface area contributed by atoms with Gasteiger partial charge in [-0.05, 0) is 22.4 Å². The predicted octanol–water partition coefficient (Wildman–Crippen LogP) is 4.11. The van der Waals surface area contributed by atoms with E-state index in [1.165, 1.54) is 0 Å². The molecule has 0 saturated heterocycles. The Balaban J connectivity index is 2.88. The Bertz CT molecular complexity index is 600. The third-order valence-corrected chi connectivity index (χ3v) is 3.57. The average Bonchev–Trinajstić information content (AvgIpc) is 2.27. The summed E-state index contributed by atoms with van der Waals surface area (Å²) in [6.07, 6.45) is 0. The molecule has 0 unspecified atom stereocenters. The number of benzene rings is 2. The van der Waals surface area contributed by atoms with Crippen LogP contribution in [0.3, 0.4) is 0 Å². The maximum Gasteiger partial charge on any atom is 0.143 e. The molecule has 2 aromatic carbocycles. The summed E-state index contributed by atoms with van der Waals surface area (Å²) in [5, 5.41) is 21.4. The van der Waals surface area contributed by atoms with Crippen LogP contribution in [0, 0.1) is 0 Å². The summed E-state index contributed by atoms with van der Waals surface area (Å²) < 4.78 is 9.08. The molecule has 0 saturated carbocycles. The molecule has 2 rings (SSSR count). The summed E-state index contributed by atoms with van der Waals surface area (Å²) >= 11 is 0.350. The lowest BCUT2D eigenvalue weighted by Crippen LogP contribution is -2.11. The summed E-state index contributed by atoms with van der Waals surface area (Å²) in [5.41, 5.74) is 0.951. The van der Waals surface area contributed by atoms with Crippen LogP contribution in [-0.4, -0.2) is 14.8 Å². The van der Waals surface area contributed by atoms with Crippen LogP contribution in [0.1, 0.15) is 26.3 Å². The van der Waals surface area contributed by atoms with E-state index in [9.17, 15) is 10.2 Å². The van der Waals surface area contributed by atoms with Gasteiger partial charge in [0.15, 0.2) is 0 Å². The smallest absolute Gasteiger partial charge is 0.143 e.